The van der Waals surface area contributed by atoms with Gasteiger partial charge >= 0.3 is 0 Å². The highest BCUT2D eigenvalue weighted by Gasteiger charge is 2.14. The van der Waals surface area contributed by atoms with Crippen molar-refractivity contribution >= 4 is 34.4 Å². The summed E-state index contributed by atoms with van der Waals surface area (Å²) in [5, 5.41) is 4.29. The van der Waals surface area contributed by atoms with E-state index in [1.165, 1.54) is 0 Å². The van der Waals surface area contributed by atoms with E-state index in [1.54, 1.807) is 19.2 Å². The lowest BCUT2D eigenvalue weighted by atomic mass is 10.4. The minimum absolute atomic E-state index is 0.265. The molecule has 0 radical (unpaired) electrons. The molecule has 0 aromatic carbocycles. The Balaban J connectivity index is 2.10. The van der Waals surface area contributed by atoms with E-state index >= 15 is 0 Å². The molecule has 8 heteroatoms. The number of pyridine rings is 1. The Hall–Kier alpha value is -1.66. The first kappa shape index (κ1) is 12.4. The van der Waals surface area contributed by atoms with Gasteiger partial charge in [-0.1, -0.05) is 16.8 Å². The standard InChI is InChI=1S/C11H9Cl2N5O/c1-6-15-10(19-17-6)5-18-9(3-12)16-8-2-7(13)4-14-11(8)18/h2,4H,3,5H2,1H3. The van der Waals surface area contributed by atoms with Crippen LogP contribution >= 0.6 is 23.2 Å². The van der Waals surface area contributed by atoms with Gasteiger partial charge in [0.25, 0.3) is 0 Å². The molecule has 0 aliphatic heterocycles. The fourth-order valence-electron chi connectivity index (χ4n) is 1.84. The second-order valence-corrected chi connectivity index (χ2v) is 4.68. The fourth-order valence-corrected chi connectivity index (χ4v) is 2.20. The Morgan fingerprint density at radius 3 is 2.89 bits per heavy atom. The quantitative estimate of drug-likeness (QED) is 0.695. The number of halogens is 2. The molecule has 0 N–H and O–H groups in total. The Morgan fingerprint density at radius 1 is 1.37 bits per heavy atom. The number of nitrogens with zero attached hydrogens (tertiary/aromatic N) is 5. The third-order valence-electron chi connectivity index (χ3n) is 2.61. The average Bonchev–Trinajstić information content (AvgIpc) is 2.94. The number of alkyl halides is 1. The molecule has 0 saturated carbocycles. The number of fused-ring (bicyclic) bond motifs is 1. The maximum absolute atomic E-state index is 5.90. The lowest BCUT2D eigenvalue weighted by Gasteiger charge is -2.02. The van der Waals surface area contributed by atoms with E-state index in [-0.39, 0.29) is 5.88 Å². The summed E-state index contributed by atoms with van der Waals surface area (Å²) in [5.41, 5.74) is 1.38. The van der Waals surface area contributed by atoms with Gasteiger partial charge in [0.2, 0.25) is 5.89 Å². The van der Waals surface area contributed by atoms with Crippen LogP contribution in [0.25, 0.3) is 11.2 Å². The van der Waals surface area contributed by atoms with Crippen molar-refractivity contribution in [3.8, 4) is 0 Å². The van der Waals surface area contributed by atoms with E-state index in [0.29, 0.717) is 40.3 Å². The van der Waals surface area contributed by atoms with E-state index in [0.717, 1.165) is 0 Å². The number of hydrogen-bond donors (Lipinski definition) is 0. The summed E-state index contributed by atoms with van der Waals surface area (Å²) in [6, 6.07) is 1.75. The van der Waals surface area contributed by atoms with Crippen LogP contribution < -0.4 is 0 Å². The molecule has 98 valence electrons. The summed E-state index contributed by atoms with van der Waals surface area (Å²) >= 11 is 11.8. The highest BCUT2D eigenvalue weighted by Crippen LogP contribution is 2.20. The van der Waals surface area contributed by atoms with Crippen LogP contribution in [0.3, 0.4) is 0 Å². The molecule has 3 rings (SSSR count). The highest BCUT2D eigenvalue weighted by molar-refractivity contribution is 6.31. The molecule has 0 bridgehead atoms. The maximum atomic E-state index is 5.90. The van der Waals surface area contributed by atoms with Crippen molar-refractivity contribution in [2.45, 2.75) is 19.3 Å². The molecular weight excluding hydrogens is 289 g/mol. The first-order valence-corrected chi connectivity index (χ1v) is 6.44. The van der Waals surface area contributed by atoms with Gasteiger partial charge in [-0.05, 0) is 13.0 Å². The van der Waals surface area contributed by atoms with Crippen molar-refractivity contribution in [1.29, 1.82) is 0 Å². The van der Waals surface area contributed by atoms with Gasteiger partial charge in [0.1, 0.15) is 17.9 Å². The second kappa shape index (κ2) is 4.79. The van der Waals surface area contributed by atoms with Crippen molar-refractivity contribution in [1.82, 2.24) is 24.7 Å². The smallest absolute Gasteiger partial charge is 0.246 e. The number of imidazole rings is 1. The van der Waals surface area contributed by atoms with Gasteiger partial charge < -0.3 is 9.09 Å². The van der Waals surface area contributed by atoms with E-state index in [1.807, 2.05) is 4.57 Å². The van der Waals surface area contributed by atoms with Gasteiger partial charge in [0.05, 0.1) is 10.9 Å². The monoisotopic (exact) mass is 297 g/mol. The Bertz CT molecular complexity index is 736. The lowest BCUT2D eigenvalue weighted by molar-refractivity contribution is 0.367. The van der Waals surface area contributed by atoms with Crippen LogP contribution in [0.2, 0.25) is 5.02 Å². The molecule has 0 unspecified atom stereocenters. The van der Waals surface area contributed by atoms with E-state index in [2.05, 4.69) is 20.1 Å². The summed E-state index contributed by atoms with van der Waals surface area (Å²) in [6.07, 6.45) is 1.57. The van der Waals surface area contributed by atoms with Gasteiger partial charge in [-0.25, -0.2) is 9.97 Å². The normalized spacial score (nSPS) is 11.3. The van der Waals surface area contributed by atoms with Crippen LogP contribution in [-0.2, 0) is 12.4 Å². The molecule has 3 heterocycles. The van der Waals surface area contributed by atoms with Gasteiger partial charge in [0, 0.05) is 6.20 Å². The molecule has 0 saturated heterocycles. The largest absolute Gasteiger partial charge is 0.337 e. The molecular formula is C11H9Cl2N5O. The number of aromatic nitrogens is 5. The minimum atomic E-state index is 0.265. The summed E-state index contributed by atoms with van der Waals surface area (Å²) in [6.45, 7) is 2.15. The number of hydrogen-bond acceptors (Lipinski definition) is 5. The predicted molar refractivity (Wildman–Crippen MR) is 70.2 cm³/mol. The Kier molecular flexibility index (Phi) is 3.12. The predicted octanol–water partition coefficient (Wildman–Crippen LogP) is 2.56. The SMILES string of the molecule is Cc1noc(Cn2c(CCl)nc3cc(Cl)cnc32)n1. The van der Waals surface area contributed by atoms with E-state index in [4.69, 9.17) is 27.7 Å². The van der Waals surface area contributed by atoms with E-state index in [9.17, 15) is 0 Å². The number of aryl methyl sites for hydroxylation is 1. The summed E-state index contributed by atoms with van der Waals surface area (Å²) in [7, 11) is 0. The zero-order chi connectivity index (χ0) is 13.4. The van der Waals surface area contributed by atoms with Gasteiger partial charge in [0.15, 0.2) is 11.5 Å². The zero-order valence-electron chi connectivity index (χ0n) is 9.97. The van der Waals surface area contributed by atoms with Crippen LogP contribution in [0.5, 0.6) is 0 Å². The lowest BCUT2D eigenvalue weighted by Crippen LogP contribution is -2.05. The van der Waals surface area contributed by atoms with E-state index < -0.39 is 0 Å². The van der Waals surface area contributed by atoms with Crippen LogP contribution in [0, 0.1) is 6.92 Å². The first-order valence-electron chi connectivity index (χ1n) is 5.53. The molecule has 3 aromatic heterocycles. The second-order valence-electron chi connectivity index (χ2n) is 3.98. The van der Waals surface area contributed by atoms with Gasteiger partial charge in [-0.3, -0.25) is 0 Å². The van der Waals surface area contributed by atoms with Crippen molar-refractivity contribution in [2.75, 3.05) is 0 Å². The fraction of sp³-hybridized carbons (Fsp3) is 0.273. The van der Waals surface area contributed by atoms with Crippen LogP contribution in [0.1, 0.15) is 17.5 Å². The average molecular weight is 298 g/mol. The summed E-state index contributed by atoms with van der Waals surface area (Å²) in [5.74, 6) is 2.02. The molecule has 0 fully saturated rings. The zero-order valence-corrected chi connectivity index (χ0v) is 11.5. The molecule has 6 nitrogen and oxygen atoms in total. The third kappa shape index (κ3) is 2.29. The number of rotatable bonds is 3. The van der Waals surface area contributed by atoms with Crippen molar-refractivity contribution < 1.29 is 4.52 Å². The molecule has 0 atom stereocenters. The molecule has 0 amide bonds. The van der Waals surface area contributed by atoms with Crippen LogP contribution in [-0.4, -0.2) is 24.7 Å². The minimum Gasteiger partial charge on any atom is -0.337 e. The van der Waals surface area contributed by atoms with Crippen molar-refractivity contribution in [3.05, 3.63) is 34.8 Å². The summed E-state index contributed by atoms with van der Waals surface area (Å²) < 4.78 is 6.94. The molecule has 0 spiro atoms. The molecule has 0 aliphatic rings. The Morgan fingerprint density at radius 2 is 2.21 bits per heavy atom. The van der Waals surface area contributed by atoms with Crippen molar-refractivity contribution in [3.63, 3.8) is 0 Å². The molecule has 0 aliphatic carbocycles. The van der Waals surface area contributed by atoms with Crippen LogP contribution in [0.4, 0.5) is 0 Å². The molecule has 3 aromatic rings. The first-order chi connectivity index (χ1) is 9.17. The van der Waals surface area contributed by atoms with Gasteiger partial charge in [-0.15, -0.1) is 11.6 Å². The highest BCUT2D eigenvalue weighted by atomic mass is 35.5. The summed E-state index contributed by atoms with van der Waals surface area (Å²) in [4.78, 5) is 12.8. The van der Waals surface area contributed by atoms with Crippen LogP contribution in [0.15, 0.2) is 16.8 Å². The van der Waals surface area contributed by atoms with Gasteiger partial charge in [-0.2, -0.15) is 4.98 Å². The topological polar surface area (TPSA) is 69.6 Å². The van der Waals surface area contributed by atoms with Crippen molar-refractivity contribution in [2.24, 2.45) is 0 Å². The Labute approximate surface area is 118 Å². The maximum Gasteiger partial charge on any atom is 0.246 e. The third-order valence-corrected chi connectivity index (χ3v) is 3.06. The molecule has 19 heavy (non-hydrogen) atoms.